The van der Waals surface area contributed by atoms with Crippen LogP contribution in [0.2, 0.25) is 0 Å². The molecule has 0 N–H and O–H groups in total. The van der Waals surface area contributed by atoms with Crippen molar-refractivity contribution in [2.75, 3.05) is 9.80 Å². The third-order valence-corrected chi connectivity index (χ3v) is 16.9. The third-order valence-electron chi connectivity index (χ3n) is 15.7. The molecule has 332 valence electrons. The van der Waals surface area contributed by atoms with E-state index in [1.165, 1.54) is 98.3 Å². The van der Waals surface area contributed by atoms with Gasteiger partial charge in [-0.2, -0.15) is 0 Å². The van der Waals surface area contributed by atoms with Crippen LogP contribution in [0, 0.1) is 0 Å². The van der Waals surface area contributed by atoms with Crippen molar-refractivity contribution < 1.29 is 0 Å². The van der Waals surface area contributed by atoms with Crippen molar-refractivity contribution in [3.05, 3.63) is 311 Å². The summed E-state index contributed by atoms with van der Waals surface area (Å²) in [6.45, 7) is 0. The largest absolute Gasteiger partial charge is 0.310 e. The van der Waals surface area contributed by atoms with E-state index in [9.17, 15) is 0 Å². The minimum Gasteiger partial charge on any atom is -0.310 e. The van der Waals surface area contributed by atoms with Gasteiger partial charge in [0.2, 0.25) is 0 Å². The molecule has 15 rings (SSSR count). The highest BCUT2D eigenvalue weighted by atomic mass is 32.1. The maximum absolute atomic E-state index is 2.57. The molecule has 1 aromatic heterocycles. The second kappa shape index (κ2) is 15.4. The van der Waals surface area contributed by atoms with Gasteiger partial charge in [-0.15, -0.1) is 11.3 Å². The second-order valence-corrected chi connectivity index (χ2v) is 20.2. The lowest BCUT2D eigenvalue weighted by Crippen LogP contribution is -2.36. The summed E-state index contributed by atoms with van der Waals surface area (Å²) in [6, 6.07) is 100.0. The van der Waals surface area contributed by atoms with Gasteiger partial charge in [0.15, 0.2) is 0 Å². The minimum atomic E-state index is -0.602. The SMILES string of the molecule is c1ccc(N2c3ccccc3C3(c4ccccc4-c4c(N(c5ccc6c(c5)C(c5ccccc5)(c5ccccc5)c5ccccc5-6)c5ccc6sc7ccccc7c6c5)cccc43)c3ccccc32)cc1. The lowest BCUT2D eigenvalue weighted by molar-refractivity contribution is 0.752. The highest BCUT2D eigenvalue weighted by molar-refractivity contribution is 7.25. The molecule has 0 radical (unpaired) electrons. The monoisotopic (exact) mass is 920 g/mol. The predicted molar refractivity (Wildman–Crippen MR) is 297 cm³/mol. The van der Waals surface area contributed by atoms with Gasteiger partial charge in [-0.3, -0.25) is 0 Å². The van der Waals surface area contributed by atoms with Crippen LogP contribution >= 0.6 is 11.3 Å². The van der Waals surface area contributed by atoms with Crippen molar-refractivity contribution >= 4 is 65.6 Å². The molecule has 1 spiro atoms. The quantitative estimate of drug-likeness (QED) is 0.164. The molecule has 3 aliphatic rings. The van der Waals surface area contributed by atoms with E-state index in [4.69, 9.17) is 0 Å². The van der Waals surface area contributed by atoms with Crippen LogP contribution < -0.4 is 9.80 Å². The highest BCUT2D eigenvalue weighted by Crippen LogP contribution is 2.66. The third kappa shape index (κ3) is 5.47. The Hall–Kier alpha value is -8.76. The number of fused-ring (bicyclic) bond motifs is 15. The minimum absolute atomic E-state index is 0.556. The average Bonchev–Trinajstić information content (AvgIpc) is 4.07. The Balaban J connectivity index is 1.04. The highest BCUT2D eigenvalue weighted by Gasteiger charge is 2.53. The number of nitrogens with zero attached hydrogens (tertiary/aromatic N) is 2. The Kier molecular flexibility index (Phi) is 8.69. The smallest absolute Gasteiger partial charge is 0.0755 e. The Morgan fingerprint density at radius 3 is 1.54 bits per heavy atom. The van der Waals surface area contributed by atoms with E-state index in [1.807, 2.05) is 11.3 Å². The maximum atomic E-state index is 2.57. The van der Waals surface area contributed by atoms with Gasteiger partial charge in [0.1, 0.15) is 0 Å². The summed E-state index contributed by atoms with van der Waals surface area (Å²) in [6.07, 6.45) is 0. The number of rotatable bonds is 6. The number of hydrogen-bond acceptors (Lipinski definition) is 3. The van der Waals surface area contributed by atoms with Gasteiger partial charge >= 0.3 is 0 Å². The van der Waals surface area contributed by atoms with Gasteiger partial charge in [-0.05, 0) is 128 Å². The Morgan fingerprint density at radius 1 is 0.324 bits per heavy atom. The molecule has 3 heteroatoms. The fourth-order valence-electron chi connectivity index (χ4n) is 13.0. The predicted octanol–water partition coefficient (Wildman–Crippen LogP) is 18.0. The van der Waals surface area contributed by atoms with Crippen molar-refractivity contribution in [2.45, 2.75) is 10.8 Å². The lowest BCUT2D eigenvalue weighted by atomic mass is 9.64. The topological polar surface area (TPSA) is 6.48 Å². The average molecular weight is 921 g/mol. The van der Waals surface area contributed by atoms with Crippen molar-refractivity contribution in [3.63, 3.8) is 0 Å². The molecule has 0 amide bonds. The van der Waals surface area contributed by atoms with Gasteiger partial charge in [0.25, 0.3) is 0 Å². The Labute approximate surface area is 417 Å². The maximum Gasteiger partial charge on any atom is 0.0755 e. The molecular formula is C68H44N2S. The fourth-order valence-corrected chi connectivity index (χ4v) is 14.1. The summed E-state index contributed by atoms with van der Waals surface area (Å²) in [5.74, 6) is 0. The van der Waals surface area contributed by atoms with Crippen molar-refractivity contribution in [1.29, 1.82) is 0 Å². The van der Waals surface area contributed by atoms with Crippen LogP contribution in [0.4, 0.5) is 34.1 Å². The summed E-state index contributed by atoms with van der Waals surface area (Å²) in [5.41, 5.74) is 21.0. The van der Waals surface area contributed by atoms with Crippen molar-refractivity contribution in [2.24, 2.45) is 0 Å². The molecule has 0 saturated carbocycles. The molecule has 1 aliphatic heterocycles. The van der Waals surface area contributed by atoms with Crippen LogP contribution in [-0.2, 0) is 10.8 Å². The van der Waals surface area contributed by atoms with E-state index in [2.05, 4.69) is 277 Å². The van der Waals surface area contributed by atoms with Gasteiger partial charge < -0.3 is 9.80 Å². The summed E-state index contributed by atoms with van der Waals surface area (Å²) in [4.78, 5) is 5.03. The zero-order chi connectivity index (χ0) is 46.7. The van der Waals surface area contributed by atoms with E-state index >= 15 is 0 Å². The van der Waals surface area contributed by atoms with E-state index < -0.39 is 10.8 Å². The number of benzene rings is 11. The van der Waals surface area contributed by atoms with Crippen molar-refractivity contribution in [3.8, 4) is 22.3 Å². The van der Waals surface area contributed by atoms with Gasteiger partial charge in [-0.1, -0.05) is 200 Å². The van der Waals surface area contributed by atoms with Crippen LogP contribution in [0.1, 0.15) is 44.5 Å². The summed E-state index contributed by atoms with van der Waals surface area (Å²) in [5, 5.41) is 2.55. The first-order chi connectivity index (χ1) is 35.2. The molecule has 2 nitrogen and oxygen atoms in total. The molecule has 2 aliphatic carbocycles. The van der Waals surface area contributed by atoms with Crippen LogP contribution in [0.15, 0.2) is 267 Å². The summed E-state index contributed by atoms with van der Waals surface area (Å²) in [7, 11) is 0. The molecule has 0 atom stereocenters. The Bertz CT molecular complexity index is 3990. The van der Waals surface area contributed by atoms with Crippen LogP contribution in [0.3, 0.4) is 0 Å². The molecule has 0 fully saturated rings. The number of para-hydroxylation sites is 3. The summed E-state index contributed by atoms with van der Waals surface area (Å²) >= 11 is 1.87. The van der Waals surface area contributed by atoms with Gasteiger partial charge in [0, 0.05) is 42.8 Å². The molecule has 11 aromatic carbocycles. The van der Waals surface area contributed by atoms with Gasteiger partial charge in [0.05, 0.1) is 27.9 Å². The standard InChI is InChI=1S/C68H44N2S/c1-4-21-45(22-5-1)67(46-23-6-2-7-24-46)55-30-13-10-27-50(55)51-41-39-49(44-60(51)67)69(48-40-42-65-54(43-48)52-28-12-19-38-64(52)71-65)63-37-20-34-59-66(63)53-29-11-14-31-56(53)68(59)57-32-15-17-35-61(57)70(47-25-8-3-9-26-47)62-36-18-16-33-58(62)68/h1-44H. The molecule has 0 saturated heterocycles. The van der Waals surface area contributed by atoms with Gasteiger partial charge in [-0.25, -0.2) is 0 Å². The normalized spacial score (nSPS) is 14.1. The van der Waals surface area contributed by atoms with Crippen molar-refractivity contribution in [1.82, 2.24) is 0 Å². The zero-order valence-electron chi connectivity index (χ0n) is 38.7. The van der Waals surface area contributed by atoms with E-state index in [-0.39, 0.29) is 0 Å². The first-order valence-electron chi connectivity index (χ1n) is 24.6. The number of hydrogen-bond donors (Lipinski definition) is 0. The molecule has 71 heavy (non-hydrogen) atoms. The molecular weight excluding hydrogens is 877 g/mol. The first-order valence-corrected chi connectivity index (χ1v) is 25.4. The molecule has 0 unspecified atom stereocenters. The molecule has 12 aromatic rings. The van der Waals surface area contributed by atoms with Crippen LogP contribution in [0.5, 0.6) is 0 Å². The molecule has 0 bridgehead atoms. The molecule has 2 heterocycles. The summed E-state index contributed by atoms with van der Waals surface area (Å²) < 4.78 is 2.58. The number of anilines is 6. The number of thiophene rings is 1. The van der Waals surface area contributed by atoms with E-state index in [0.717, 1.165) is 22.7 Å². The first kappa shape index (κ1) is 40.2. The van der Waals surface area contributed by atoms with Crippen LogP contribution in [0.25, 0.3) is 42.4 Å². The Morgan fingerprint density at radius 2 is 0.831 bits per heavy atom. The van der Waals surface area contributed by atoms with Crippen LogP contribution in [-0.4, -0.2) is 0 Å². The van der Waals surface area contributed by atoms with E-state index in [0.29, 0.717) is 0 Å². The zero-order valence-corrected chi connectivity index (χ0v) is 39.5. The second-order valence-electron chi connectivity index (χ2n) is 19.1. The lowest BCUT2D eigenvalue weighted by Gasteiger charge is -2.45. The fraction of sp³-hybridized carbons (Fsp3) is 0.0294. The van der Waals surface area contributed by atoms with E-state index in [1.54, 1.807) is 0 Å².